The standard InChI is InChI=1S/C16H36N2O/c1-7-18(14(2)13-19-6)12-8-9-15(10-11-17)16(3,4)5/h14-15H,7-13,17H2,1-6H3. The molecule has 0 rings (SSSR count). The van der Waals surface area contributed by atoms with Crippen molar-refractivity contribution in [1.82, 2.24) is 4.90 Å². The molecule has 116 valence electrons. The molecule has 0 saturated heterocycles. The minimum atomic E-state index is 0.370. The van der Waals surface area contributed by atoms with Crippen LogP contribution in [0.4, 0.5) is 0 Å². The van der Waals surface area contributed by atoms with Gasteiger partial charge in [-0.25, -0.2) is 0 Å². The van der Waals surface area contributed by atoms with Crippen LogP contribution in [0.5, 0.6) is 0 Å². The Hall–Kier alpha value is -0.120. The summed E-state index contributed by atoms with van der Waals surface area (Å²) in [7, 11) is 1.78. The first-order valence-corrected chi connectivity index (χ1v) is 7.79. The van der Waals surface area contributed by atoms with Crippen molar-refractivity contribution >= 4 is 0 Å². The minimum absolute atomic E-state index is 0.370. The van der Waals surface area contributed by atoms with Crippen LogP contribution in [0.1, 0.15) is 53.9 Å². The van der Waals surface area contributed by atoms with Crippen LogP contribution in [0, 0.1) is 11.3 Å². The van der Waals surface area contributed by atoms with Crippen molar-refractivity contribution in [3.05, 3.63) is 0 Å². The zero-order valence-corrected chi connectivity index (χ0v) is 14.0. The van der Waals surface area contributed by atoms with Crippen LogP contribution < -0.4 is 5.73 Å². The van der Waals surface area contributed by atoms with E-state index in [-0.39, 0.29) is 0 Å². The molecule has 0 spiro atoms. The summed E-state index contributed by atoms with van der Waals surface area (Å²) in [4.78, 5) is 2.51. The van der Waals surface area contributed by atoms with Crippen molar-refractivity contribution in [3.8, 4) is 0 Å². The van der Waals surface area contributed by atoms with Crippen LogP contribution in [-0.4, -0.2) is 44.3 Å². The van der Waals surface area contributed by atoms with Crippen LogP contribution in [-0.2, 0) is 4.74 Å². The first-order chi connectivity index (χ1) is 8.86. The Morgan fingerprint density at radius 1 is 1.21 bits per heavy atom. The highest BCUT2D eigenvalue weighted by atomic mass is 16.5. The molecule has 0 heterocycles. The highest BCUT2D eigenvalue weighted by molar-refractivity contribution is 4.75. The molecule has 0 aromatic heterocycles. The van der Waals surface area contributed by atoms with Gasteiger partial charge in [-0.15, -0.1) is 0 Å². The monoisotopic (exact) mass is 272 g/mol. The van der Waals surface area contributed by atoms with Crippen molar-refractivity contribution in [2.24, 2.45) is 17.1 Å². The molecule has 0 aromatic rings. The highest BCUT2D eigenvalue weighted by Crippen LogP contribution is 2.32. The number of hydrogen-bond donors (Lipinski definition) is 1. The fraction of sp³-hybridized carbons (Fsp3) is 1.00. The van der Waals surface area contributed by atoms with E-state index >= 15 is 0 Å². The molecule has 0 radical (unpaired) electrons. The van der Waals surface area contributed by atoms with Gasteiger partial charge >= 0.3 is 0 Å². The number of ether oxygens (including phenoxy) is 1. The van der Waals surface area contributed by atoms with Gasteiger partial charge in [0, 0.05) is 13.2 Å². The summed E-state index contributed by atoms with van der Waals surface area (Å²) in [6.45, 7) is 15.4. The summed E-state index contributed by atoms with van der Waals surface area (Å²) < 4.78 is 5.25. The van der Waals surface area contributed by atoms with Crippen LogP contribution >= 0.6 is 0 Å². The lowest BCUT2D eigenvalue weighted by Gasteiger charge is -2.32. The summed E-state index contributed by atoms with van der Waals surface area (Å²) in [5.41, 5.74) is 6.11. The Kier molecular flexibility index (Phi) is 9.67. The van der Waals surface area contributed by atoms with Crippen LogP contribution in [0.25, 0.3) is 0 Å². The molecule has 0 aliphatic rings. The second kappa shape index (κ2) is 9.73. The minimum Gasteiger partial charge on any atom is -0.383 e. The van der Waals surface area contributed by atoms with E-state index in [0.717, 1.165) is 38.6 Å². The quantitative estimate of drug-likeness (QED) is 0.664. The maximum absolute atomic E-state index is 5.74. The largest absolute Gasteiger partial charge is 0.383 e. The molecule has 0 aliphatic heterocycles. The fourth-order valence-corrected chi connectivity index (χ4v) is 2.79. The van der Waals surface area contributed by atoms with Gasteiger partial charge in [0.15, 0.2) is 0 Å². The summed E-state index contributed by atoms with van der Waals surface area (Å²) in [5.74, 6) is 0.730. The average Bonchev–Trinajstić information content (AvgIpc) is 2.32. The van der Waals surface area contributed by atoms with E-state index in [0.29, 0.717) is 11.5 Å². The molecule has 3 heteroatoms. The average molecular weight is 272 g/mol. The van der Waals surface area contributed by atoms with Gasteiger partial charge in [-0.2, -0.15) is 0 Å². The Balaban J connectivity index is 4.15. The van der Waals surface area contributed by atoms with Gasteiger partial charge in [0.2, 0.25) is 0 Å². The van der Waals surface area contributed by atoms with Crippen molar-refractivity contribution in [3.63, 3.8) is 0 Å². The van der Waals surface area contributed by atoms with Crippen LogP contribution in [0.3, 0.4) is 0 Å². The zero-order chi connectivity index (χ0) is 14.9. The number of nitrogens with zero attached hydrogens (tertiary/aromatic N) is 1. The van der Waals surface area contributed by atoms with Gasteiger partial charge < -0.3 is 10.5 Å². The van der Waals surface area contributed by atoms with Crippen LogP contribution in [0.2, 0.25) is 0 Å². The van der Waals surface area contributed by atoms with E-state index in [4.69, 9.17) is 10.5 Å². The Bertz CT molecular complexity index is 213. The van der Waals surface area contributed by atoms with Gasteiger partial charge in [0.25, 0.3) is 0 Å². The third-order valence-corrected chi connectivity index (χ3v) is 4.18. The summed E-state index contributed by atoms with van der Waals surface area (Å²) in [6.07, 6.45) is 3.67. The third kappa shape index (κ3) is 7.91. The molecule has 19 heavy (non-hydrogen) atoms. The second-order valence-electron chi connectivity index (χ2n) is 6.72. The molecule has 2 unspecified atom stereocenters. The Morgan fingerprint density at radius 3 is 2.26 bits per heavy atom. The van der Waals surface area contributed by atoms with Gasteiger partial charge in [-0.3, -0.25) is 4.90 Å². The lowest BCUT2D eigenvalue weighted by Crippen LogP contribution is -2.37. The number of nitrogens with two attached hydrogens (primary N) is 1. The van der Waals surface area contributed by atoms with Crippen molar-refractivity contribution < 1.29 is 4.74 Å². The number of likely N-dealkylation sites (N-methyl/N-ethyl adjacent to an activating group) is 1. The molecular weight excluding hydrogens is 236 g/mol. The lowest BCUT2D eigenvalue weighted by atomic mass is 9.76. The van der Waals surface area contributed by atoms with Gasteiger partial charge in [-0.1, -0.05) is 27.7 Å². The molecule has 2 atom stereocenters. The SMILES string of the molecule is CCN(CCCC(CCN)C(C)(C)C)C(C)COC. The highest BCUT2D eigenvalue weighted by Gasteiger charge is 2.23. The molecule has 0 aromatic carbocycles. The third-order valence-electron chi connectivity index (χ3n) is 4.18. The van der Waals surface area contributed by atoms with Crippen molar-refractivity contribution in [2.45, 2.75) is 59.9 Å². The van der Waals surface area contributed by atoms with Gasteiger partial charge in [-0.05, 0) is 57.2 Å². The van der Waals surface area contributed by atoms with Crippen molar-refractivity contribution in [1.29, 1.82) is 0 Å². The number of hydrogen-bond acceptors (Lipinski definition) is 3. The summed E-state index contributed by atoms with van der Waals surface area (Å²) in [6, 6.07) is 0.512. The molecular formula is C16H36N2O. The first-order valence-electron chi connectivity index (χ1n) is 7.79. The first kappa shape index (κ1) is 18.9. The van der Waals surface area contributed by atoms with E-state index < -0.39 is 0 Å². The van der Waals surface area contributed by atoms with E-state index in [1.165, 1.54) is 12.8 Å². The van der Waals surface area contributed by atoms with E-state index in [1.54, 1.807) is 7.11 Å². The summed E-state index contributed by atoms with van der Waals surface area (Å²) in [5, 5.41) is 0. The molecule has 0 aliphatic carbocycles. The Labute approximate surface area is 120 Å². The summed E-state index contributed by atoms with van der Waals surface area (Å²) >= 11 is 0. The molecule has 0 fully saturated rings. The van der Waals surface area contributed by atoms with E-state index in [1.807, 2.05) is 0 Å². The van der Waals surface area contributed by atoms with Crippen LogP contribution in [0.15, 0.2) is 0 Å². The fourth-order valence-electron chi connectivity index (χ4n) is 2.79. The molecule has 2 N–H and O–H groups in total. The maximum Gasteiger partial charge on any atom is 0.0615 e. The number of methoxy groups -OCH3 is 1. The maximum atomic E-state index is 5.74. The van der Waals surface area contributed by atoms with Gasteiger partial charge in [0.1, 0.15) is 0 Å². The van der Waals surface area contributed by atoms with Gasteiger partial charge in [0.05, 0.1) is 6.61 Å². The number of rotatable bonds is 10. The molecule has 0 amide bonds. The molecule has 0 saturated carbocycles. The zero-order valence-electron chi connectivity index (χ0n) is 14.0. The Morgan fingerprint density at radius 2 is 1.84 bits per heavy atom. The molecule has 3 nitrogen and oxygen atoms in total. The van der Waals surface area contributed by atoms with E-state index in [9.17, 15) is 0 Å². The topological polar surface area (TPSA) is 38.5 Å². The predicted octanol–water partition coefficient (Wildman–Crippen LogP) is 3.13. The molecule has 0 bridgehead atoms. The lowest BCUT2D eigenvalue weighted by molar-refractivity contribution is 0.0978. The van der Waals surface area contributed by atoms with Crippen molar-refractivity contribution in [2.75, 3.05) is 33.4 Å². The second-order valence-corrected chi connectivity index (χ2v) is 6.72. The smallest absolute Gasteiger partial charge is 0.0615 e. The van der Waals surface area contributed by atoms with E-state index in [2.05, 4.69) is 39.5 Å². The predicted molar refractivity (Wildman–Crippen MR) is 84.4 cm³/mol. The normalized spacial score (nSPS) is 15.8.